The summed E-state index contributed by atoms with van der Waals surface area (Å²) in [5.41, 5.74) is 3.02. The quantitative estimate of drug-likeness (QED) is 0.300. The Labute approximate surface area is 209 Å². The molecule has 0 aliphatic rings. The first-order valence-electron chi connectivity index (χ1n) is 11.4. The maximum Gasteiger partial charge on any atom is 0.259 e. The van der Waals surface area contributed by atoms with Crippen LogP contribution in [-0.2, 0) is 0 Å². The van der Waals surface area contributed by atoms with Gasteiger partial charge in [-0.15, -0.1) is 0 Å². The molecule has 36 heavy (non-hydrogen) atoms. The van der Waals surface area contributed by atoms with Crippen LogP contribution in [0.3, 0.4) is 0 Å². The molecule has 0 atom stereocenters. The number of nitrogens with zero attached hydrogens (tertiary/aromatic N) is 3. The number of amides is 1. The summed E-state index contributed by atoms with van der Waals surface area (Å²) in [4.78, 5) is 13.4. The molecule has 1 aromatic heterocycles. The number of carbonyl (C=O) groups excluding carboxylic acids is 1. The van der Waals surface area contributed by atoms with E-state index >= 15 is 0 Å². The lowest BCUT2D eigenvalue weighted by Gasteiger charge is -2.10. The minimum Gasteiger partial charge on any atom is -0.493 e. The van der Waals surface area contributed by atoms with Crippen LogP contribution in [0.2, 0.25) is 0 Å². The Balaban J connectivity index is 1.66. The SMILES string of the molecule is COc1ccc(-c2nn(-c3ccccc3)cc2C(=O)Nc2cccc(OCCCC#N)c2)cc1OC. The number of carbonyl (C=O) groups is 1. The number of hydrogen-bond donors (Lipinski definition) is 1. The molecule has 0 spiro atoms. The fourth-order valence-corrected chi connectivity index (χ4v) is 3.65. The number of ether oxygens (including phenoxy) is 3. The highest BCUT2D eigenvalue weighted by molar-refractivity contribution is 6.08. The number of unbranched alkanes of at least 4 members (excludes halogenated alkanes) is 1. The molecular formula is C28H26N4O4. The third-order valence-corrected chi connectivity index (χ3v) is 5.43. The van der Waals surface area contributed by atoms with Gasteiger partial charge in [0.15, 0.2) is 11.5 Å². The van der Waals surface area contributed by atoms with E-state index in [1.54, 1.807) is 55.4 Å². The first-order chi connectivity index (χ1) is 17.6. The fourth-order valence-electron chi connectivity index (χ4n) is 3.65. The van der Waals surface area contributed by atoms with Crippen LogP contribution in [-0.4, -0.2) is 36.5 Å². The highest BCUT2D eigenvalue weighted by Crippen LogP contribution is 2.33. The van der Waals surface area contributed by atoms with Crippen LogP contribution in [0.15, 0.2) is 79.0 Å². The second-order valence-electron chi connectivity index (χ2n) is 7.83. The molecule has 0 radical (unpaired) electrons. The van der Waals surface area contributed by atoms with E-state index in [0.29, 0.717) is 59.2 Å². The number of nitrogens with one attached hydrogen (secondary N) is 1. The third kappa shape index (κ3) is 5.65. The average molecular weight is 483 g/mol. The Morgan fingerprint density at radius 3 is 2.56 bits per heavy atom. The summed E-state index contributed by atoms with van der Waals surface area (Å²) < 4.78 is 18.2. The molecule has 1 N–H and O–H groups in total. The van der Waals surface area contributed by atoms with E-state index < -0.39 is 0 Å². The average Bonchev–Trinajstić information content (AvgIpc) is 3.37. The van der Waals surface area contributed by atoms with Gasteiger partial charge in [-0.25, -0.2) is 4.68 Å². The molecule has 0 saturated heterocycles. The molecule has 4 aromatic rings. The Hall–Kier alpha value is -4.77. The molecule has 1 amide bonds. The largest absolute Gasteiger partial charge is 0.493 e. The van der Waals surface area contributed by atoms with Crippen molar-refractivity contribution in [3.05, 3.63) is 84.6 Å². The minimum absolute atomic E-state index is 0.316. The number of anilines is 1. The van der Waals surface area contributed by atoms with Crippen molar-refractivity contribution in [2.24, 2.45) is 0 Å². The summed E-state index contributed by atoms with van der Waals surface area (Å²) in [7, 11) is 3.13. The number of hydrogen-bond acceptors (Lipinski definition) is 6. The number of rotatable bonds is 10. The highest BCUT2D eigenvalue weighted by Gasteiger charge is 2.20. The summed E-state index contributed by atoms with van der Waals surface area (Å²) in [5, 5.41) is 16.4. The van der Waals surface area contributed by atoms with Crippen molar-refractivity contribution in [3.8, 4) is 40.3 Å². The van der Waals surface area contributed by atoms with Crippen molar-refractivity contribution in [3.63, 3.8) is 0 Å². The van der Waals surface area contributed by atoms with E-state index in [1.807, 2.05) is 42.5 Å². The number of para-hydroxylation sites is 1. The predicted octanol–water partition coefficient (Wildman–Crippen LogP) is 5.49. The molecular weight excluding hydrogens is 456 g/mol. The lowest BCUT2D eigenvalue weighted by atomic mass is 10.1. The number of methoxy groups -OCH3 is 2. The van der Waals surface area contributed by atoms with Gasteiger partial charge >= 0.3 is 0 Å². The number of nitriles is 1. The molecule has 0 fully saturated rings. The van der Waals surface area contributed by atoms with E-state index in [-0.39, 0.29) is 5.91 Å². The van der Waals surface area contributed by atoms with Gasteiger partial charge in [0.05, 0.1) is 38.1 Å². The molecule has 0 aliphatic carbocycles. The summed E-state index contributed by atoms with van der Waals surface area (Å²) in [6.45, 7) is 0.429. The van der Waals surface area contributed by atoms with Gasteiger partial charge in [0.2, 0.25) is 0 Å². The maximum atomic E-state index is 13.4. The fraction of sp³-hybridized carbons (Fsp3) is 0.179. The van der Waals surface area contributed by atoms with Gasteiger partial charge in [0.1, 0.15) is 11.4 Å². The Bertz CT molecular complexity index is 1380. The number of aromatic nitrogens is 2. The van der Waals surface area contributed by atoms with Crippen LogP contribution < -0.4 is 19.5 Å². The summed E-state index contributed by atoms with van der Waals surface area (Å²) in [6, 6.07) is 24.2. The molecule has 182 valence electrons. The van der Waals surface area contributed by atoms with Gasteiger partial charge in [0, 0.05) is 29.9 Å². The molecule has 8 nitrogen and oxygen atoms in total. The number of benzene rings is 3. The van der Waals surface area contributed by atoms with Crippen molar-refractivity contribution in [1.82, 2.24) is 9.78 Å². The zero-order valence-electron chi connectivity index (χ0n) is 20.1. The van der Waals surface area contributed by atoms with Crippen molar-refractivity contribution in [1.29, 1.82) is 5.26 Å². The predicted molar refractivity (Wildman–Crippen MR) is 137 cm³/mol. The van der Waals surface area contributed by atoms with Gasteiger partial charge in [-0.3, -0.25) is 4.79 Å². The van der Waals surface area contributed by atoms with Gasteiger partial charge in [-0.05, 0) is 48.9 Å². The summed E-state index contributed by atoms with van der Waals surface area (Å²) in [5.74, 6) is 1.42. The van der Waals surface area contributed by atoms with Gasteiger partial charge in [-0.2, -0.15) is 10.4 Å². The summed E-state index contributed by atoms with van der Waals surface area (Å²) in [6.07, 6.45) is 2.78. The maximum absolute atomic E-state index is 13.4. The molecule has 0 aliphatic heterocycles. The van der Waals surface area contributed by atoms with E-state index in [2.05, 4.69) is 11.4 Å². The molecule has 0 saturated carbocycles. The smallest absolute Gasteiger partial charge is 0.259 e. The van der Waals surface area contributed by atoms with Crippen LogP contribution in [0.5, 0.6) is 17.2 Å². The third-order valence-electron chi connectivity index (χ3n) is 5.43. The second kappa shape index (κ2) is 11.6. The van der Waals surface area contributed by atoms with E-state index in [4.69, 9.17) is 24.6 Å². The Morgan fingerprint density at radius 1 is 1.00 bits per heavy atom. The normalized spacial score (nSPS) is 10.4. The van der Waals surface area contributed by atoms with Gasteiger partial charge in [0.25, 0.3) is 5.91 Å². The Morgan fingerprint density at radius 2 is 1.81 bits per heavy atom. The van der Waals surface area contributed by atoms with E-state index in [9.17, 15) is 4.79 Å². The van der Waals surface area contributed by atoms with Crippen LogP contribution >= 0.6 is 0 Å². The van der Waals surface area contributed by atoms with Gasteiger partial charge in [-0.1, -0.05) is 24.3 Å². The summed E-state index contributed by atoms with van der Waals surface area (Å²) >= 11 is 0. The van der Waals surface area contributed by atoms with Crippen LogP contribution in [0, 0.1) is 11.3 Å². The minimum atomic E-state index is -0.316. The zero-order valence-corrected chi connectivity index (χ0v) is 20.1. The highest BCUT2D eigenvalue weighted by atomic mass is 16.5. The van der Waals surface area contributed by atoms with Crippen LogP contribution in [0.25, 0.3) is 16.9 Å². The molecule has 3 aromatic carbocycles. The van der Waals surface area contributed by atoms with E-state index in [1.165, 1.54) is 0 Å². The van der Waals surface area contributed by atoms with Crippen LogP contribution in [0.1, 0.15) is 23.2 Å². The zero-order chi connectivity index (χ0) is 25.3. The van der Waals surface area contributed by atoms with Crippen molar-refractivity contribution >= 4 is 11.6 Å². The first-order valence-corrected chi connectivity index (χ1v) is 11.4. The van der Waals surface area contributed by atoms with Crippen molar-refractivity contribution < 1.29 is 19.0 Å². The standard InChI is InChI=1S/C28H26N4O4/c1-34-25-14-13-20(17-26(25)35-2)27-24(19-32(31-27)22-10-4-3-5-11-22)28(33)30-21-9-8-12-23(18-21)36-16-7-6-15-29/h3-5,8-14,17-19H,6-7,16H2,1-2H3,(H,30,33). The second-order valence-corrected chi connectivity index (χ2v) is 7.83. The molecule has 0 bridgehead atoms. The topological polar surface area (TPSA) is 98.4 Å². The first kappa shape index (κ1) is 24.4. The van der Waals surface area contributed by atoms with Crippen molar-refractivity contribution in [2.75, 3.05) is 26.1 Å². The molecule has 8 heteroatoms. The van der Waals surface area contributed by atoms with E-state index in [0.717, 1.165) is 5.69 Å². The van der Waals surface area contributed by atoms with Gasteiger partial charge < -0.3 is 19.5 Å². The van der Waals surface area contributed by atoms with Crippen molar-refractivity contribution in [2.45, 2.75) is 12.8 Å². The van der Waals surface area contributed by atoms with Crippen LogP contribution in [0.4, 0.5) is 5.69 Å². The molecule has 1 heterocycles. The Kier molecular flexibility index (Phi) is 7.83. The monoisotopic (exact) mass is 482 g/mol. The molecule has 4 rings (SSSR count). The lowest BCUT2D eigenvalue weighted by Crippen LogP contribution is -2.12. The lowest BCUT2D eigenvalue weighted by molar-refractivity contribution is 0.102. The molecule has 0 unspecified atom stereocenters.